The lowest BCUT2D eigenvalue weighted by atomic mass is 10.1. The number of hydrogen-bond donors (Lipinski definition) is 1. The van der Waals surface area contributed by atoms with Crippen molar-refractivity contribution in [2.45, 2.75) is 11.8 Å². The molecule has 0 spiro atoms. The molecule has 1 fully saturated rings. The number of barbiturate groups is 1. The number of nitrogens with zero attached hydrogens (tertiary/aromatic N) is 2. The van der Waals surface area contributed by atoms with E-state index in [0.29, 0.717) is 0 Å². The maximum Gasteiger partial charge on any atom is 0.330 e. The van der Waals surface area contributed by atoms with Crippen molar-refractivity contribution in [1.29, 1.82) is 5.26 Å². The number of rotatable bonds is 1. The summed E-state index contributed by atoms with van der Waals surface area (Å²) in [6, 6.07) is 9.01. The van der Waals surface area contributed by atoms with Crippen LogP contribution in [-0.4, -0.2) is 29.8 Å². The Labute approximate surface area is 124 Å². The quantitative estimate of drug-likeness (QED) is 0.621. The molecule has 1 saturated heterocycles. The molecule has 1 aliphatic rings. The molecule has 4 amide bonds. The van der Waals surface area contributed by atoms with Gasteiger partial charge in [-0.25, -0.2) is 4.79 Å². The van der Waals surface area contributed by atoms with Gasteiger partial charge in [-0.2, -0.15) is 5.26 Å². The molecule has 1 aromatic carbocycles. The van der Waals surface area contributed by atoms with E-state index in [4.69, 9.17) is 5.26 Å². The van der Waals surface area contributed by atoms with Gasteiger partial charge in [0.15, 0.2) is 0 Å². The molecule has 0 unspecified atom stereocenters. The number of amides is 4. The molecule has 0 saturated carbocycles. The molecule has 0 atom stereocenters. The van der Waals surface area contributed by atoms with E-state index in [1.807, 2.05) is 29.6 Å². The van der Waals surface area contributed by atoms with Crippen molar-refractivity contribution in [3.8, 4) is 6.07 Å². The second-order valence-electron chi connectivity index (χ2n) is 3.89. The summed E-state index contributed by atoms with van der Waals surface area (Å²) in [5.41, 5.74) is 1.80. The third-order valence-electron chi connectivity index (χ3n) is 2.52. The van der Waals surface area contributed by atoms with Gasteiger partial charge < -0.3 is 0 Å². The molecule has 0 aliphatic carbocycles. The first kappa shape index (κ1) is 15.9. The monoisotopic (exact) mass is 337 g/mol. The summed E-state index contributed by atoms with van der Waals surface area (Å²) in [6.45, 7) is 0. The van der Waals surface area contributed by atoms with Gasteiger partial charge in [-0.15, -0.1) is 0 Å². The van der Waals surface area contributed by atoms with Gasteiger partial charge in [-0.3, -0.25) is 19.8 Å². The first-order valence-electron chi connectivity index (χ1n) is 5.64. The van der Waals surface area contributed by atoms with E-state index in [1.165, 1.54) is 7.05 Å². The molecule has 104 valence electrons. The minimum absolute atomic E-state index is 0.234. The number of halogens is 1. The van der Waals surface area contributed by atoms with Gasteiger partial charge in [0.2, 0.25) is 11.8 Å². The number of nitrogens with one attached hydrogen (secondary N) is 1. The average molecular weight is 338 g/mol. The van der Waals surface area contributed by atoms with Crippen LogP contribution in [0.25, 0.3) is 0 Å². The second-order valence-corrected chi connectivity index (χ2v) is 4.45. The first-order valence-corrected chi connectivity index (χ1v) is 6.76. The molecular weight excluding hydrogens is 326 g/mol. The predicted octanol–water partition coefficient (Wildman–Crippen LogP) is 1.54. The van der Waals surface area contributed by atoms with Crippen molar-refractivity contribution in [2.24, 2.45) is 0 Å². The Morgan fingerprint density at radius 1 is 1.35 bits per heavy atom. The number of imide groups is 2. The number of carbonyl (C=O) groups is 3. The van der Waals surface area contributed by atoms with Gasteiger partial charge in [0, 0.05) is 12.4 Å². The summed E-state index contributed by atoms with van der Waals surface area (Å²) >= 11 is 3.30. The van der Waals surface area contributed by atoms with Crippen molar-refractivity contribution in [3.63, 3.8) is 0 Å². The topological polar surface area (TPSA) is 90.3 Å². The number of carbonyl (C=O) groups excluding carboxylic acids is 3. The van der Waals surface area contributed by atoms with E-state index < -0.39 is 17.8 Å². The highest BCUT2D eigenvalue weighted by atomic mass is 79.9. The minimum Gasteiger partial charge on any atom is -0.277 e. The lowest BCUT2D eigenvalue weighted by Gasteiger charge is -2.19. The first-order chi connectivity index (χ1) is 9.49. The van der Waals surface area contributed by atoms with Gasteiger partial charge in [0.1, 0.15) is 6.42 Å². The fraction of sp³-hybridized carbons (Fsp3) is 0.231. The van der Waals surface area contributed by atoms with Crippen LogP contribution in [0.4, 0.5) is 4.79 Å². The SMILES string of the molecule is CN1C(=O)CC(=O)NC1=O.N#Cc1ccccc1CBr. The van der Waals surface area contributed by atoms with E-state index >= 15 is 0 Å². The Kier molecular flexibility index (Phi) is 5.87. The Bertz CT molecular complexity index is 560. The number of benzene rings is 1. The molecule has 1 aliphatic heterocycles. The van der Waals surface area contributed by atoms with Crippen molar-refractivity contribution in [2.75, 3.05) is 7.05 Å². The van der Waals surface area contributed by atoms with E-state index in [2.05, 4.69) is 22.0 Å². The van der Waals surface area contributed by atoms with E-state index in [9.17, 15) is 14.4 Å². The van der Waals surface area contributed by atoms with Crippen LogP contribution in [-0.2, 0) is 14.9 Å². The van der Waals surface area contributed by atoms with E-state index in [1.54, 1.807) is 0 Å². The highest BCUT2D eigenvalue weighted by molar-refractivity contribution is 9.08. The molecule has 1 heterocycles. The molecule has 7 heteroatoms. The van der Waals surface area contributed by atoms with Crippen molar-refractivity contribution < 1.29 is 14.4 Å². The lowest BCUT2D eigenvalue weighted by molar-refractivity contribution is -0.135. The van der Waals surface area contributed by atoms with Gasteiger partial charge in [0.25, 0.3) is 0 Å². The van der Waals surface area contributed by atoms with E-state index in [0.717, 1.165) is 21.4 Å². The van der Waals surface area contributed by atoms with Crippen LogP contribution in [0, 0.1) is 11.3 Å². The number of urea groups is 1. The molecule has 20 heavy (non-hydrogen) atoms. The van der Waals surface area contributed by atoms with Crippen LogP contribution in [0.5, 0.6) is 0 Å². The van der Waals surface area contributed by atoms with Crippen LogP contribution >= 0.6 is 15.9 Å². The van der Waals surface area contributed by atoms with Crippen molar-refractivity contribution >= 4 is 33.8 Å². The molecule has 6 nitrogen and oxygen atoms in total. The number of nitriles is 1. The molecular formula is C13H12BrN3O3. The zero-order valence-corrected chi connectivity index (χ0v) is 12.3. The Morgan fingerprint density at radius 3 is 2.50 bits per heavy atom. The lowest BCUT2D eigenvalue weighted by Crippen LogP contribution is -2.50. The Morgan fingerprint density at radius 2 is 2.00 bits per heavy atom. The summed E-state index contributed by atoms with van der Waals surface area (Å²) in [4.78, 5) is 32.6. The largest absolute Gasteiger partial charge is 0.330 e. The summed E-state index contributed by atoms with van der Waals surface area (Å²) in [5.74, 6) is -0.998. The van der Waals surface area contributed by atoms with Crippen LogP contribution in [0.15, 0.2) is 24.3 Å². The van der Waals surface area contributed by atoms with Gasteiger partial charge in [-0.1, -0.05) is 34.1 Å². The molecule has 0 aromatic heterocycles. The third kappa shape index (κ3) is 4.17. The standard InChI is InChI=1S/C8H6BrN.C5H6N2O3/c9-5-7-3-1-2-4-8(7)6-10;1-7-4(9)2-3(8)6-5(7)10/h1-4H,5H2;2H2,1H3,(H,6,8,10). The maximum atomic E-state index is 10.7. The highest BCUT2D eigenvalue weighted by Gasteiger charge is 2.26. The third-order valence-corrected chi connectivity index (χ3v) is 3.12. The van der Waals surface area contributed by atoms with Gasteiger partial charge >= 0.3 is 6.03 Å². The smallest absolute Gasteiger partial charge is 0.277 e. The summed E-state index contributed by atoms with van der Waals surface area (Å²) in [6.07, 6.45) is -0.234. The predicted molar refractivity (Wildman–Crippen MR) is 74.7 cm³/mol. The normalized spacial score (nSPS) is 14.1. The number of hydrogen-bond acceptors (Lipinski definition) is 4. The van der Waals surface area contributed by atoms with Crippen LogP contribution in [0.2, 0.25) is 0 Å². The van der Waals surface area contributed by atoms with Crippen molar-refractivity contribution in [1.82, 2.24) is 10.2 Å². The molecule has 0 radical (unpaired) electrons. The molecule has 2 rings (SSSR count). The van der Waals surface area contributed by atoms with Crippen LogP contribution in [0.1, 0.15) is 17.5 Å². The van der Waals surface area contributed by atoms with Crippen molar-refractivity contribution in [3.05, 3.63) is 35.4 Å². The number of alkyl halides is 1. The summed E-state index contributed by atoms with van der Waals surface area (Å²) in [7, 11) is 1.32. The Hall–Kier alpha value is -2.20. The fourth-order valence-corrected chi connectivity index (χ4v) is 1.85. The minimum atomic E-state index is -0.652. The van der Waals surface area contributed by atoms with Crippen LogP contribution < -0.4 is 5.32 Å². The molecule has 1 N–H and O–H groups in total. The summed E-state index contributed by atoms with van der Waals surface area (Å²) in [5, 5.41) is 11.3. The zero-order chi connectivity index (χ0) is 15.1. The van der Waals surface area contributed by atoms with Crippen LogP contribution in [0.3, 0.4) is 0 Å². The molecule has 0 bridgehead atoms. The second kappa shape index (κ2) is 7.40. The average Bonchev–Trinajstić information content (AvgIpc) is 2.45. The fourth-order valence-electron chi connectivity index (χ4n) is 1.36. The zero-order valence-electron chi connectivity index (χ0n) is 10.7. The van der Waals surface area contributed by atoms with Gasteiger partial charge in [-0.05, 0) is 11.6 Å². The van der Waals surface area contributed by atoms with Gasteiger partial charge in [0.05, 0.1) is 11.6 Å². The van der Waals surface area contributed by atoms with E-state index in [-0.39, 0.29) is 6.42 Å². The molecule has 1 aromatic rings. The highest BCUT2D eigenvalue weighted by Crippen LogP contribution is 2.10. The Balaban J connectivity index is 0.000000200. The maximum absolute atomic E-state index is 10.7. The summed E-state index contributed by atoms with van der Waals surface area (Å²) < 4.78 is 0.